The van der Waals surface area contributed by atoms with Crippen LogP contribution in [-0.2, 0) is 19.3 Å². The summed E-state index contributed by atoms with van der Waals surface area (Å²) in [6.45, 7) is 2.21. The lowest BCUT2D eigenvalue weighted by molar-refractivity contribution is 0.647. The van der Waals surface area contributed by atoms with Crippen molar-refractivity contribution in [1.82, 2.24) is 4.98 Å². The van der Waals surface area contributed by atoms with Gasteiger partial charge in [0.25, 0.3) is 0 Å². The summed E-state index contributed by atoms with van der Waals surface area (Å²) >= 11 is 5.32. The first kappa shape index (κ1) is 13.3. The molecule has 0 aromatic carbocycles. The minimum absolute atomic E-state index is 0.643. The maximum Gasteiger partial charge on any atom is 0.121 e. The first-order valence-electron chi connectivity index (χ1n) is 6.95. The molecule has 18 heavy (non-hydrogen) atoms. The van der Waals surface area contributed by atoms with Crippen molar-refractivity contribution in [1.29, 1.82) is 5.26 Å². The van der Waals surface area contributed by atoms with Gasteiger partial charge in [0.15, 0.2) is 0 Å². The topological polar surface area (TPSA) is 39.6 Å². The van der Waals surface area contributed by atoms with E-state index in [2.05, 4.69) is 18.0 Å². The van der Waals surface area contributed by atoms with E-state index >= 15 is 0 Å². The van der Waals surface area contributed by atoms with E-state index in [4.69, 9.17) is 12.2 Å². The fraction of sp³-hybridized carbons (Fsp3) is 0.600. The highest BCUT2D eigenvalue weighted by molar-refractivity contribution is 7.71. The van der Waals surface area contributed by atoms with E-state index in [-0.39, 0.29) is 0 Å². The Labute approximate surface area is 114 Å². The van der Waals surface area contributed by atoms with Crippen LogP contribution < -0.4 is 0 Å². The number of H-pyrrole nitrogens is 1. The van der Waals surface area contributed by atoms with Gasteiger partial charge in [0.2, 0.25) is 0 Å². The minimum atomic E-state index is 0.643. The number of nitrogens with zero attached hydrogens (tertiary/aromatic N) is 1. The van der Waals surface area contributed by atoms with Crippen molar-refractivity contribution in [2.45, 2.75) is 58.3 Å². The van der Waals surface area contributed by atoms with E-state index in [0.717, 1.165) is 31.2 Å². The Morgan fingerprint density at radius 3 is 2.78 bits per heavy atom. The molecule has 0 saturated heterocycles. The van der Waals surface area contributed by atoms with Crippen LogP contribution >= 0.6 is 12.2 Å². The second-order valence-electron chi connectivity index (χ2n) is 5.04. The van der Waals surface area contributed by atoms with Gasteiger partial charge in [0, 0.05) is 5.69 Å². The standard InChI is InChI=1S/C15H20N2S/c1-2-3-4-7-11-12-8-5-6-9-14(12)17-15(18)13(11)10-16/h2-9H2,1H3,(H,17,18). The number of aryl methyl sites for hydroxylation is 1. The number of hydrogen-bond acceptors (Lipinski definition) is 2. The summed E-state index contributed by atoms with van der Waals surface area (Å²) in [5.41, 5.74) is 4.64. The molecule has 0 atom stereocenters. The van der Waals surface area contributed by atoms with E-state index in [1.54, 1.807) is 0 Å². The summed E-state index contributed by atoms with van der Waals surface area (Å²) in [5.74, 6) is 0. The maximum absolute atomic E-state index is 9.32. The van der Waals surface area contributed by atoms with Crippen molar-refractivity contribution >= 4 is 12.2 Å². The Morgan fingerprint density at radius 2 is 2.06 bits per heavy atom. The fourth-order valence-electron chi connectivity index (χ4n) is 2.81. The predicted octanol–water partition coefficient (Wildman–Crippen LogP) is 4.23. The van der Waals surface area contributed by atoms with Gasteiger partial charge in [-0.25, -0.2) is 0 Å². The number of unbranched alkanes of at least 4 members (excludes halogenated alkanes) is 2. The van der Waals surface area contributed by atoms with Gasteiger partial charge in [-0.2, -0.15) is 5.26 Å². The number of hydrogen-bond donors (Lipinski definition) is 1. The summed E-state index contributed by atoms with van der Waals surface area (Å²) in [6.07, 6.45) is 9.29. The van der Waals surface area contributed by atoms with Crippen molar-refractivity contribution in [2.75, 3.05) is 0 Å². The molecule has 0 unspecified atom stereocenters. The van der Waals surface area contributed by atoms with Crippen molar-refractivity contribution in [3.8, 4) is 6.07 Å². The zero-order valence-corrected chi connectivity index (χ0v) is 11.8. The summed E-state index contributed by atoms with van der Waals surface area (Å²) in [5, 5.41) is 9.32. The molecule has 0 amide bonds. The van der Waals surface area contributed by atoms with Crippen LogP contribution in [0.5, 0.6) is 0 Å². The number of aromatic amines is 1. The number of rotatable bonds is 4. The molecule has 0 aliphatic heterocycles. The summed E-state index contributed by atoms with van der Waals surface area (Å²) in [7, 11) is 0. The molecule has 2 rings (SSSR count). The van der Waals surface area contributed by atoms with E-state index in [0.29, 0.717) is 4.64 Å². The average Bonchev–Trinajstić information content (AvgIpc) is 2.38. The Morgan fingerprint density at radius 1 is 1.28 bits per heavy atom. The molecule has 0 spiro atoms. The molecular formula is C15H20N2S. The molecule has 0 fully saturated rings. The number of fused-ring (bicyclic) bond motifs is 1. The second kappa shape index (κ2) is 6.15. The molecule has 3 heteroatoms. The van der Waals surface area contributed by atoms with Crippen molar-refractivity contribution in [2.24, 2.45) is 0 Å². The van der Waals surface area contributed by atoms with Crippen LogP contribution in [0.3, 0.4) is 0 Å². The maximum atomic E-state index is 9.32. The van der Waals surface area contributed by atoms with Gasteiger partial charge >= 0.3 is 0 Å². The molecule has 1 aliphatic carbocycles. The molecule has 1 aromatic rings. The van der Waals surface area contributed by atoms with Crippen LogP contribution in [0.15, 0.2) is 0 Å². The molecule has 1 N–H and O–H groups in total. The van der Waals surface area contributed by atoms with Gasteiger partial charge in [0.1, 0.15) is 10.7 Å². The Bertz CT molecular complexity index is 523. The fourth-order valence-corrected chi connectivity index (χ4v) is 3.10. The number of nitriles is 1. The molecule has 0 radical (unpaired) electrons. The SMILES string of the molecule is CCCCCc1c2c([nH]c(=S)c1C#N)CCCC2. The van der Waals surface area contributed by atoms with E-state index in [1.807, 2.05) is 0 Å². The van der Waals surface area contributed by atoms with Gasteiger partial charge in [0.05, 0.1) is 5.56 Å². The molecular weight excluding hydrogens is 240 g/mol. The van der Waals surface area contributed by atoms with Crippen molar-refractivity contribution in [3.63, 3.8) is 0 Å². The van der Waals surface area contributed by atoms with Crippen LogP contribution in [-0.4, -0.2) is 4.98 Å². The van der Waals surface area contributed by atoms with Gasteiger partial charge in [-0.3, -0.25) is 0 Å². The monoisotopic (exact) mass is 260 g/mol. The van der Waals surface area contributed by atoms with Crippen LogP contribution in [0.1, 0.15) is 61.4 Å². The molecule has 96 valence electrons. The molecule has 1 aliphatic rings. The van der Waals surface area contributed by atoms with Gasteiger partial charge in [-0.1, -0.05) is 32.0 Å². The van der Waals surface area contributed by atoms with E-state index in [9.17, 15) is 5.26 Å². The normalized spacial score (nSPS) is 14.0. The van der Waals surface area contributed by atoms with Crippen LogP contribution in [0, 0.1) is 16.0 Å². The minimum Gasteiger partial charge on any atom is -0.349 e. The highest BCUT2D eigenvalue weighted by Gasteiger charge is 2.18. The predicted molar refractivity (Wildman–Crippen MR) is 76.2 cm³/mol. The first-order chi connectivity index (χ1) is 8.77. The molecule has 1 heterocycles. The van der Waals surface area contributed by atoms with Crippen LogP contribution in [0.2, 0.25) is 0 Å². The first-order valence-corrected chi connectivity index (χ1v) is 7.35. The third-order valence-electron chi connectivity index (χ3n) is 3.77. The third-order valence-corrected chi connectivity index (χ3v) is 4.07. The number of aromatic nitrogens is 1. The van der Waals surface area contributed by atoms with Crippen LogP contribution in [0.25, 0.3) is 0 Å². The smallest absolute Gasteiger partial charge is 0.121 e. The molecule has 0 bridgehead atoms. The molecule has 1 aromatic heterocycles. The second-order valence-corrected chi connectivity index (χ2v) is 5.45. The van der Waals surface area contributed by atoms with E-state index < -0.39 is 0 Å². The summed E-state index contributed by atoms with van der Waals surface area (Å²) < 4.78 is 0.643. The van der Waals surface area contributed by atoms with Crippen LogP contribution in [0.4, 0.5) is 0 Å². The van der Waals surface area contributed by atoms with Gasteiger partial charge < -0.3 is 4.98 Å². The molecule has 0 saturated carbocycles. The lowest BCUT2D eigenvalue weighted by atomic mass is 9.88. The Hall–Kier alpha value is -1.14. The molecule has 2 nitrogen and oxygen atoms in total. The Balaban J connectivity index is 2.42. The highest BCUT2D eigenvalue weighted by Crippen LogP contribution is 2.27. The summed E-state index contributed by atoms with van der Waals surface area (Å²) in [6, 6.07) is 2.31. The van der Waals surface area contributed by atoms with E-state index in [1.165, 1.54) is 42.5 Å². The zero-order valence-electron chi connectivity index (χ0n) is 11.0. The number of pyridine rings is 1. The lowest BCUT2D eigenvalue weighted by Crippen LogP contribution is -2.11. The Kier molecular flexibility index (Phi) is 4.54. The quantitative estimate of drug-likeness (QED) is 0.650. The number of nitrogens with one attached hydrogen (secondary N) is 1. The largest absolute Gasteiger partial charge is 0.349 e. The van der Waals surface area contributed by atoms with Gasteiger partial charge in [-0.15, -0.1) is 0 Å². The lowest BCUT2D eigenvalue weighted by Gasteiger charge is -2.20. The average molecular weight is 260 g/mol. The van der Waals surface area contributed by atoms with Crippen molar-refractivity contribution in [3.05, 3.63) is 27.0 Å². The zero-order chi connectivity index (χ0) is 13.0. The highest BCUT2D eigenvalue weighted by atomic mass is 32.1. The van der Waals surface area contributed by atoms with Gasteiger partial charge in [-0.05, 0) is 49.7 Å². The van der Waals surface area contributed by atoms with Crippen molar-refractivity contribution < 1.29 is 0 Å². The third kappa shape index (κ3) is 2.64. The summed E-state index contributed by atoms with van der Waals surface area (Å²) in [4.78, 5) is 3.27.